The number of nitrogens with zero attached hydrogens (tertiary/aromatic N) is 2. The Kier molecular flexibility index (Phi) is 5.23. The highest BCUT2D eigenvalue weighted by molar-refractivity contribution is 5.76. The number of carbonyl (C=O) groups excluding carboxylic acids is 1. The van der Waals surface area contributed by atoms with Gasteiger partial charge in [-0.2, -0.15) is 0 Å². The second-order valence-electron chi connectivity index (χ2n) is 5.52. The fourth-order valence-corrected chi connectivity index (χ4v) is 2.59. The number of urea groups is 1. The first-order valence-electron chi connectivity index (χ1n) is 7.50. The topological polar surface area (TPSA) is 70.1 Å². The van der Waals surface area contributed by atoms with Crippen LogP contribution in [0.15, 0.2) is 0 Å². The molecule has 1 saturated heterocycles. The number of amides is 2. The third-order valence-corrected chi connectivity index (χ3v) is 3.90. The molecule has 2 rings (SSSR count). The van der Waals surface area contributed by atoms with Crippen LogP contribution in [0.25, 0.3) is 0 Å². The normalized spacial score (nSPS) is 21.8. The lowest BCUT2D eigenvalue weighted by molar-refractivity contribution is -0.137. The molecule has 2 amide bonds. The third-order valence-electron chi connectivity index (χ3n) is 3.90. The highest BCUT2D eigenvalue weighted by Crippen LogP contribution is 2.28. The van der Waals surface area contributed by atoms with E-state index < -0.39 is 5.97 Å². The summed E-state index contributed by atoms with van der Waals surface area (Å²) >= 11 is 0. The van der Waals surface area contributed by atoms with Gasteiger partial charge >= 0.3 is 12.0 Å². The van der Waals surface area contributed by atoms with E-state index in [9.17, 15) is 9.59 Å². The summed E-state index contributed by atoms with van der Waals surface area (Å²) in [5, 5.41) is 8.80. The molecule has 1 unspecified atom stereocenters. The molecule has 0 bridgehead atoms. The Bertz CT molecular complexity index is 351. The van der Waals surface area contributed by atoms with Crippen LogP contribution in [0.5, 0.6) is 0 Å². The van der Waals surface area contributed by atoms with E-state index in [1.807, 2.05) is 6.92 Å². The van der Waals surface area contributed by atoms with Crippen molar-refractivity contribution in [3.05, 3.63) is 0 Å². The standard InChI is InChI=1S/C14H24N2O4/c1-2-15(10-12-4-3-9-20-12)14(19)16(11-5-6-11)8-7-13(17)18/h11-12H,2-10H2,1H3,(H,17,18). The molecule has 1 saturated carbocycles. The van der Waals surface area contributed by atoms with Crippen LogP contribution in [-0.4, -0.2) is 65.3 Å². The third kappa shape index (κ3) is 4.10. The number of aliphatic carboxylic acids is 1. The number of carboxylic acid groups (broad SMARTS) is 1. The van der Waals surface area contributed by atoms with E-state index in [1.54, 1.807) is 9.80 Å². The molecule has 1 heterocycles. The molecule has 0 aromatic rings. The smallest absolute Gasteiger partial charge is 0.320 e. The molecule has 0 aromatic carbocycles. The summed E-state index contributed by atoms with van der Waals surface area (Å²) in [7, 11) is 0. The first-order chi connectivity index (χ1) is 9.61. The van der Waals surface area contributed by atoms with Crippen LogP contribution in [-0.2, 0) is 9.53 Å². The summed E-state index contributed by atoms with van der Waals surface area (Å²) in [4.78, 5) is 26.8. The summed E-state index contributed by atoms with van der Waals surface area (Å²) in [5.74, 6) is -0.856. The number of hydrogen-bond acceptors (Lipinski definition) is 3. The molecular weight excluding hydrogens is 260 g/mol. The summed E-state index contributed by atoms with van der Waals surface area (Å²) < 4.78 is 5.58. The van der Waals surface area contributed by atoms with Crippen LogP contribution in [0.1, 0.15) is 39.0 Å². The molecular formula is C14H24N2O4. The minimum absolute atomic E-state index is 0.0136. The number of carboxylic acids is 1. The lowest BCUT2D eigenvalue weighted by Gasteiger charge is -2.31. The fourth-order valence-electron chi connectivity index (χ4n) is 2.59. The summed E-state index contributed by atoms with van der Waals surface area (Å²) in [5.41, 5.74) is 0. The predicted molar refractivity (Wildman–Crippen MR) is 73.6 cm³/mol. The van der Waals surface area contributed by atoms with E-state index in [0.29, 0.717) is 19.6 Å². The van der Waals surface area contributed by atoms with Crippen LogP contribution in [0, 0.1) is 0 Å². The fraction of sp³-hybridized carbons (Fsp3) is 0.857. The van der Waals surface area contributed by atoms with Crippen molar-refractivity contribution in [2.75, 3.05) is 26.2 Å². The zero-order chi connectivity index (χ0) is 14.5. The highest BCUT2D eigenvalue weighted by atomic mass is 16.5. The Morgan fingerprint density at radius 3 is 2.55 bits per heavy atom. The van der Waals surface area contributed by atoms with Crippen molar-refractivity contribution in [1.82, 2.24) is 9.80 Å². The molecule has 20 heavy (non-hydrogen) atoms. The van der Waals surface area contributed by atoms with E-state index >= 15 is 0 Å². The average Bonchev–Trinajstić information content (AvgIpc) is 3.12. The monoisotopic (exact) mass is 284 g/mol. The van der Waals surface area contributed by atoms with Gasteiger partial charge in [-0.1, -0.05) is 0 Å². The lowest BCUT2D eigenvalue weighted by Crippen LogP contribution is -2.47. The summed E-state index contributed by atoms with van der Waals surface area (Å²) in [6.07, 6.45) is 4.19. The molecule has 114 valence electrons. The van der Waals surface area contributed by atoms with Gasteiger partial charge in [0.1, 0.15) is 0 Å². The first-order valence-corrected chi connectivity index (χ1v) is 7.50. The molecule has 0 aromatic heterocycles. The van der Waals surface area contributed by atoms with Crippen LogP contribution >= 0.6 is 0 Å². The molecule has 1 atom stereocenters. The van der Waals surface area contributed by atoms with E-state index in [0.717, 1.165) is 32.3 Å². The zero-order valence-electron chi connectivity index (χ0n) is 12.1. The van der Waals surface area contributed by atoms with Gasteiger partial charge in [-0.15, -0.1) is 0 Å². The van der Waals surface area contributed by atoms with Crippen LogP contribution in [0.2, 0.25) is 0 Å². The number of hydrogen-bond donors (Lipinski definition) is 1. The Morgan fingerprint density at radius 2 is 2.05 bits per heavy atom. The molecule has 6 heteroatoms. The SMILES string of the molecule is CCN(CC1CCCO1)C(=O)N(CCC(=O)O)C1CC1. The quantitative estimate of drug-likeness (QED) is 0.770. The maximum Gasteiger partial charge on any atom is 0.320 e. The number of rotatable bonds is 7. The number of carbonyl (C=O) groups is 2. The molecule has 2 fully saturated rings. The van der Waals surface area contributed by atoms with Crippen LogP contribution in [0.3, 0.4) is 0 Å². The maximum absolute atomic E-state index is 12.6. The predicted octanol–water partition coefficient (Wildman–Crippen LogP) is 1.55. The molecule has 0 spiro atoms. The van der Waals surface area contributed by atoms with Crippen LogP contribution in [0.4, 0.5) is 4.79 Å². The van der Waals surface area contributed by atoms with Gasteiger partial charge in [-0.25, -0.2) is 4.79 Å². The van der Waals surface area contributed by atoms with E-state index in [4.69, 9.17) is 9.84 Å². The second-order valence-corrected chi connectivity index (χ2v) is 5.52. The van der Waals surface area contributed by atoms with Crippen molar-refractivity contribution in [3.8, 4) is 0 Å². The first kappa shape index (κ1) is 15.1. The zero-order valence-corrected chi connectivity index (χ0v) is 12.1. The number of ether oxygens (including phenoxy) is 1. The molecule has 1 aliphatic heterocycles. The Morgan fingerprint density at radius 1 is 1.30 bits per heavy atom. The van der Waals surface area contributed by atoms with Gasteiger partial charge in [-0.3, -0.25) is 4.79 Å². The number of likely N-dealkylation sites (N-methyl/N-ethyl adjacent to an activating group) is 1. The molecule has 1 aliphatic carbocycles. The van der Waals surface area contributed by atoms with Crippen molar-refractivity contribution in [3.63, 3.8) is 0 Å². The van der Waals surface area contributed by atoms with Crippen molar-refractivity contribution < 1.29 is 19.4 Å². The van der Waals surface area contributed by atoms with Crippen molar-refractivity contribution >= 4 is 12.0 Å². The molecule has 2 aliphatic rings. The van der Waals surface area contributed by atoms with Gasteiger partial charge < -0.3 is 19.6 Å². The van der Waals surface area contributed by atoms with Gasteiger partial charge in [0.25, 0.3) is 0 Å². The van der Waals surface area contributed by atoms with Gasteiger partial charge in [0, 0.05) is 32.3 Å². The van der Waals surface area contributed by atoms with Crippen LogP contribution < -0.4 is 0 Å². The minimum Gasteiger partial charge on any atom is -0.481 e. The van der Waals surface area contributed by atoms with Crippen molar-refractivity contribution in [2.24, 2.45) is 0 Å². The lowest BCUT2D eigenvalue weighted by atomic mass is 10.2. The Labute approximate surface area is 119 Å². The average molecular weight is 284 g/mol. The molecule has 0 radical (unpaired) electrons. The largest absolute Gasteiger partial charge is 0.481 e. The van der Waals surface area contributed by atoms with Gasteiger partial charge in [-0.05, 0) is 32.6 Å². The minimum atomic E-state index is -0.856. The Hall–Kier alpha value is -1.30. The van der Waals surface area contributed by atoms with E-state index in [-0.39, 0.29) is 24.6 Å². The Balaban J connectivity index is 1.90. The second kappa shape index (κ2) is 6.92. The van der Waals surface area contributed by atoms with Crippen molar-refractivity contribution in [1.29, 1.82) is 0 Å². The van der Waals surface area contributed by atoms with Gasteiger partial charge in [0.2, 0.25) is 0 Å². The summed E-state index contributed by atoms with van der Waals surface area (Å²) in [6, 6.07) is 0.201. The van der Waals surface area contributed by atoms with E-state index in [1.165, 1.54) is 0 Å². The van der Waals surface area contributed by atoms with Gasteiger partial charge in [0.15, 0.2) is 0 Å². The highest BCUT2D eigenvalue weighted by Gasteiger charge is 2.35. The maximum atomic E-state index is 12.6. The summed E-state index contributed by atoms with van der Waals surface area (Å²) in [6.45, 7) is 4.29. The molecule has 1 N–H and O–H groups in total. The van der Waals surface area contributed by atoms with Crippen molar-refractivity contribution in [2.45, 2.75) is 51.2 Å². The van der Waals surface area contributed by atoms with E-state index in [2.05, 4.69) is 0 Å². The molecule has 6 nitrogen and oxygen atoms in total. The van der Waals surface area contributed by atoms with Gasteiger partial charge in [0.05, 0.1) is 12.5 Å².